The van der Waals surface area contributed by atoms with E-state index >= 15 is 0 Å². The zero-order chi connectivity index (χ0) is 12.8. The summed E-state index contributed by atoms with van der Waals surface area (Å²) in [4.78, 5) is 0. The zero-order valence-electron chi connectivity index (χ0n) is 10.6. The largest absolute Gasteiger partial charge is 0.320 e. The number of nitrogens with one attached hydrogen (secondary N) is 1. The molecule has 0 aliphatic heterocycles. The van der Waals surface area contributed by atoms with Crippen molar-refractivity contribution >= 4 is 0 Å². The molecule has 18 heavy (non-hydrogen) atoms. The lowest BCUT2D eigenvalue weighted by Crippen LogP contribution is -2.13. The van der Waals surface area contributed by atoms with Crippen LogP contribution in [0.2, 0.25) is 0 Å². The fourth-order valence-electron chi connectivity index (χ4n) is 2.22. The van der Waals surface area contributed by atoms with E-state index in [1.54, 1.807) is 12.1 Å². The summed E-state index contributed by atoms with van der Waals surface area (Å²) in [5.41, 5.74) is 2.27. The number of halogens is 1. The fourth-order valence-corrected chi connectivity index (χ4v) is 2.22. The number of benzene rings is 2. The lowest BCUT2D eigenvalue weighted by molar-refractivity contribution is 0.616. The van der Waals surface area contributed by atoms with Crippen molar-refractivity contribution in [3.63, 3.8) is 0 Å². The number of hydrogen-bond donors (Lipinski definition) is 1. The van der Waals surface area contributed by atoms with Crippen molar-refractivity contribution in [2.45, 2.75) is 12.3 Å². The third-order valence-corrected chi connectivity index (χ3v) is 3.14. The molecule has 0 saturated heterocycles. The lowest BCUT2D eigenvalue weighted by atomic mass is 9.88. The quantitative estimate of drug-likeness (QED) is 0.846. The fraction of sp³-hybridized carbons (Fsp3) is 0.250. The average molecular weight is 243 g/mol. The molecule has 0 aliphatic carbocycles. The van der Waals surface area contributed by atoms with E-state index in [0.29, 0.717) is 0 Å². The van der Waals surface area contributed by atoms with Crippen LogP contribution in [0.1, 0.15) is 23.5 Å². The van der Waals surface area contributed by atoms with E-state index in [9.17, 15) is 4.39 Å². The van der Waals surface area contributed by atoms with Crippen molar-refractivity contribution < 1.29 is 4.39 Å². The van der Waals surface area contributed by atoms with Crippen LogP contribution in [0.5, 0.6) is 0 Å². The standard InChI is InChI=1S/C16H18FN/c1-18-11-10-16(13-6-3-2-4-7-13)14-8-5-9-15(17)12-14/h2-9,12,16,18H,10-11H2,1H3. The van der Waals surface area contributed by atoms with Gasteiger partial charge in [-0.05, 0) is 43.3 Å². The number of hydrogen-bond acceptors (Lipinski definition) is 1. The van der Waals surface area contributed by atoms with Crippen molar-refractivity contribution in [1.82, 2.24) is 5.32 Å². The first-order valence-corrected chi connectivity index (χ1v) is 6.26. The minimum absolute atomic E-state index is 0.169. The first kappa shape index (κ1) is 12.8. The maximum Gasteiger partial charge on any atom is 0.123 e. The molecule has 0 radical (unpaired) electrons. The Morgan fingerprint density at radius 3 is 2.39 bits per heavy atom. The Hall–Kier alpha value is -1.67. The molecule has 1 unspecified atom stereocenters. The normalized spacial score (nSPS) is 12.3. The molecular formula is C16H18FN. The molecule has 2 heteroatoms. The van der Waals surface area contributed by atoms with Crippen molar-refractivity contribution in [2.24, 2.45) is 0 Å². The third-order valence-electron chi connectivity index (χ3n) is 3.14. The van der Waals surface area contributed by atoms with Gasteiger partial charge in [0.25, 0.3) is 0 Å². The van der Waals surface area contributed by atoms with Crippen LogP contribution in [0, 0.1) is 5.82 Å². The highest BCUT2D eigenvalue weighted by molar-refractivity contribution is 5.32. The van der Waals surface area contributed by atoms with Gasteiger partial charge in [-0.25, -0.2) is 4.39 Å². The minimum Gasteiger partial charge on any atom is -0.320 e. The molecule has 0 bridgehead atoms. The predicted molar refractivity (Wildman–Crippen MR) is 73.2 cm³/mol. The Labute approximate surface area is 108 Å². The molecule has 0 amide bonds. The molecule has 2 rings (SSSR count). The summed E-state index contributed by atoms with van der Waals surface area (Å²) >= 11 is 0. The maximum absolute atomic E-state index is 13.3. The SMILES string of the molecule is CNCCC(c1ccccc1)c1cccc(F)c1. The van der Waals surface area contributed by atoms with Crippen molar-refractivity contribution in [2.75, 3.05) is 13.6 Å². The van der Waals surface area contributed by atoms with Crippen LogP contribution in [-0.4, -0.2) is 13.6 Å². The summed E-state index contributed by atoms with van der Waals surface area (Å²) < 4.78 is 13.3. The molecule has 0 saturated carbocycles. The molecule has 1 nitrogen and oxygen atoms in total. The van der Waals surface area contributed by atoms with Gasteiger partial charge < -0.3 is 5.32 Å². The predicted octanol–water partition coefficient (Wildman–Crippen LogP) is 3.57. The van der Waals surface area contributed by atoms with E-state index in [0.717, 1.165) is 18.5 Å². The molecule has 0 fully saturated rings. The van der Waals surface area contributed by atoms with E-state index in [1.165, 1.54) is 11.6 Å². The molecule has 0 aromatic heterocycles. The van der Waals surface area contributed by atoms with E-state index in [-0.39, 0.29) is 11.7 Å². The van der Waals surface area contributed by atoms with Crippen molar-refractivity contribution in [3.05, 3.63) is 71.5 Å². The lowest BCUT2D eigenvalue weighted by Gasteiger charge is -2.18. The molecule has 2 aromatic carbocycles. The number of rotatable bonds is 5. The topological polar surface area (TPSA) is 12.0 Å². The van der Waals surface area contributed by atoms with Gasteiger partial charge >= 0.3 is 0 Å². The van der Waals surface area contributed by atoms with Gasteiger partial charge in [0.2, 0.25) is 0 Å². The Bertz CT molecular complexity index is 481. The second-order valence-electron chi connectivity index (χ2n) is 4.41. The second kappa shape index (κ2) is 6.31. The molecular weight excluding hydrogens is 225 g/mol. The Kier molecular flexibility index (Phi) is 4.48. The van der Waals surface area contributed by atoms with Gasteiger partial charge in [0, 0.05) is 5.92 Å². The summed E-state index contributed by atoms with van der Waals surface area (Å²) in [6.45, 7) is 0.913. The second-order valence-corrected chi connectivity index (χ2v) is 4.41. The zero-order valence-corrected chi connectivity index (χ0v) is 10.6. The summed E-state index contributed by atoms with van der Waals surface area (Å²) in [6.07, 6.45) is 0.962. The molecule has 94 valence electrons. The van der Waals surface area contributed by atoms with Crippen LogP contribution in [0.25, 0.3) is 0 Å². The van der Waals surface area contributed by atoms with Crippen molar-refractivity contribution in [1.29, 1.82) is 0 Å². The first-order chi connectivity index (χ1) is 8.81. The highest BCUT2D eigenvalue weighted by atomic mass is 19.1. The maximum atomic E-state index is 13.3. The summed E-state index contributed by atoms with van der Waals surface area (Å²) in [6, 6.07) is 17.2. The van der Waals surface area contributed by atoms with Crippen LogP contribution < -0.4 is 5.32 Å². The summed E-state index contributed by atoms with van der Waals surface area (Å²) in [5, 5.41) is 3.16. The molecule has 0 spiro atoms. The molecule has 0 heterocycles. The van der Waals surface area contributed by atoms with Crippen LogP contribution in [0.15, 0.2) is 54.6 Å². The molecule has 0 aliphatic rings. The van der Waals surface area contributed by atoms with Crippen LogP contribution >= 0.6 is 0 Å². The van der Waals surface area contributed by atoms with Crippen LogP contribution in [0.3, 0.4) is 0 Å². The highest BCUT2D eigenvalue weighted by Gasteiger charge is 2.13. The van der Waals surface area contributed by atoms with Crippen molar-refractivity contribution in [3.8, 4) is 0 Å². The average Bonchev–Trinajstić information content (AvgIpc) is 2.40. The van der Waals surface area contributed by atoms with Crippen LogP contribution in [-0.2, 0) is 0 Å². The van der Waals surface area contributed by atoms with Gasteiger partial charge in [0.15, 0.2) is 0 Å². The van der Waals surface area contributed by atoms with Crippen LogP contribution in [0.4, 0.5) is 4.39 Å². The first-order valence-electron chi connectivity index (χ1n) is 6.26. The summed E-state index contributed by atoms with van der Waals surface area (Å²) in [7, 11) is 1.94. The molecule has 1 N–H and O–H groups in total. The van der Waals surface area contributed by atoms with E-state index < -0.39 is 0 Å². The van der Waals surface area contributed by atoms with Gasteiger partial charge in [0.1, 0.15) is 5.82 Å². The third kappa shape index (κ3) is 3.17. The minimum atomic E-state index is -0.169. The van der Waals surface area contributed by atoms with Gasteiger partial charge in [0.05, 0.1) is 0 Å². The Balaban J connectivity index is 2.31. The van der Waals surface area contributed by atoms with Gasteiger partial charge in [-0.2, -0.15) is 0 Å². The summed E-state index contributed by atoms with van der Waals surface area (Å²) in [5.74, 6) is 0.0761. The van der Waals surface area contributed by atoms with Gasteiger partial charge in [-0.15, -0.1) is 0 Å². The molecule has 2 aromatic rings. The monoisotopic (exact) mass is 243 g/mol. The van der Waals surface area contributed by atoms with E-state index in [2.05, 4.69) is 17.4 Å². The van der Waals surface area contributed by atoms with E-state index in [1.807, 2.05) is 31.3 Å². The van der Waals surface area contributed by atoms with E-state index in [4.69, 9.17) is 0 Å². The smallest absolute Gasteiger partial charge is 0.123 e. The van der Waals surface area contributed by atoms with Gasteiger partial charge in [-0.3, -0.25) is 0 Å². The highest BCUT2D eigenvalue weighted by Crippen LogP contribution is 2.27. The Morgan fingerprint density at radius 2 is 1.72 bits per heavy atom. The Morgan fingerprint density at radius 1 is 1.00 bits per heavy atom. The van der Waals surface area contributed by atoms with Gasteiger partial charge in [-0.1, -0.05) is 42.5 Å². The molecule has 1 atom stereocenters.